The average molecular weight is 316 g/mol. The van der Waals surface area contributed by atoms with E-state index >= 15 is 0 Å². The number of rotatable bonds is 1. The first-order valence-electron chi connectivity index (χ1n) is 6.16. The lowest BCUT2D eigenvalue weighted by atomic mass is 9.74. The van der Waals surface area contributed by atoms with Crippen LogP contribution in [0, 0.1) is 5.92 Å². The molecule has 2 aliphatic carbocycles. The summed E-state index contributed by atoms with van der Waals surface area (Å²) in [6.07, 6.45) is 2.09. The van der Waals surface area contributed by atoms with Gasteiger partial charge < -0.3 is 5.53 Å². The molecule has 0 bridgehead atoms. The molecule has 0 aromatic heterocycles. The van der Waals surface area contributed by atoms with Gasteiger partial charge in [0.05, 0.1) is 0 Å². The Labute approximate surface area is 124 Å². The number of fused-ring (bicyclic) bond motifs is 2. The largest absolute Gasteiger partial charge is 0.361 e. The number of carbonyl (C=O) groups excluding carboxylic acids is 2. The van der Waals surface area contributed by atoms with E-state index in [0.29, 0.717) is 0 Å². The Morgan fingerprint density at radius 1 is 1.09 bits per heavy atom. The fourth-order valence-electron chi connectivity index (χ4n) is 2.64. The summed E-state index contributed by atoms with van der Waals surface area (Å²) in [5, 5.41) is 0. The van der Waals surface area contributed by atoms with Crippen molar-refractivity contribution in [3.05, 3.63) is 63.6 Å². The molecule has 110 valence electrons. The Morgan fingerprint density at radius 2 is 1.73 bits per heavy atom. The van der Waals surface area contributed by atoms with Gasteiger partial charge in [0.2, 0.25) is 0 Å². The third kappa shape index (κ3) is 1.90. The van der Waals surface area contributed by atoms with Crippen molar-refractivity contribution in [1.82, 2.24) is 0 Å². The summed E-state index contributed by atoms with van der Waals surface area (Å²) in [6.45, 7) is 0. The van der Waals surface area contributed by atoms with Crippen LogP contribution in [0.2, 0.25) is 0 Å². The normalized spacial score (nSPS) is 20.6. The summed E-state index contributed by atoms with van der Waals surface area (Å²) >= 11 is 0. The Morgan fingerprint density at radius 3 is 2.32 bits per heavy atom. The van der Waals surface area contributed by atoms with Crippen molar-refractivity contribution in [2.45, 2.75) is 0 Å². The molecule has 3 rings (SSSR count). The van der Waals surface area contributed by atoms with E-state index in [1.807, 2.05) is 0 Å². The molecule has 0 saturated heterocycles. The molecule has 22 heavy (non-hydrogen) atoms. The highest BCUT2D eigenvalue weighted by Crippen LogP contribution is 2.35. The fraction of sp³-hybridized carbons (Fsp3) is 0.0714. The summed E-state index contributed by atoms with van der Waals surface area (Å²) in [4.78, 5) is 27.1. The molecule has 1 N–H and O–H groups in total. The van der Waals surface area contributed by atoms with Gasteiger partial charge >= 0.3 is 15.8 Å². The third-order valence-corrected chi connectivity index (χ3v) is 4.50. The number of allylic oxidation sites excluding steroid dienone is 4. The number of benzene rings is 1. The van der Waals surface area contributed by atoms with Gasteiger partial charge in [-0.05, 0) is 6.08 Å². The molecule has 7 nitrogen and oxygen atoms in total. The average Bonchev–Trinajstić information content (AvgIpc) is 2.50. The van der Waals surface area contributed by atoms with Crippen LogP contribution in [-0.4, -0.2) is 35.0 Å². The predicted molar refractivity (Wildman–Crippen MR) is 74.9 cm³/mol. The van der Waals surface area contributed by atoms with Crippen LogP contribution in [0.25, 0.3) is 5.53 Å². The van der Waals surface area contributed by atoms with Crippen LogP contribution in [0.5, 0.6) is 0 Å². The zero-order chi connectivity index (χ0) is 16.1. The molecular weight excluding hydrogens is 308 g/mol. The second-order valence-electron chi connectivity index (χ2n) is 4.79. The second kappa shape index (κ2) is 4.67. The van der Waals surface area contributed by atoms with E-state index in [4.69, 9.17) is 10.1 Å². The van der Waals surface area contributed by atoms with Gasteiger partial charge in [-0.2, -0.15) is 13.2 Å². The molecule has 0 heterocycles. The molecule has 1 aromatic carbocycles. The van der Waals surface area contributed by atoms with E-state index in [9.17, 15) is 18.0 Å². The summed E-state index contributed by atoms with van der Waals surface area (Å²) in [6, 6.07) is 6.10. The highest BCUT2D eigenvalue weighted by molar-refractivity contribution is 7.90. The molecule has 0 fully saturated rings. The number of hydrogen-bond donors (Lipinski definition) is 1. The van der Waals surface area contributed by atoms with Gasteiger partial charge in [0.15, 0.2) is 22.4 Å². The fourth-order valence-corrected chi connectivity index (χ4v) is 3.30. The van der Waals surface area contributed by atoms with Crippen LogP contribution in [0.3, 0.4) is 0 Å². The zero-order valence-electron chi connectivity index (χ0n) is 10.9. The van der Waals surface area contributed by atoms with E-state index < -0.39 is 38.2 Å². The van der Waals surface area contributed by atoms with Crippen LogP contribution >= 0.6 is 0 Å². The summed E-state index contributed by atoms with van der Waals surface area (Å²) in [5.74, 6) is -2.37. The third-order valence-electron chi connectivity index (χ3n) is 3.60. The van der Waals surface area contributed by atoms with Crippen molar-refractivity contribution in [2.75, 3.05) is 0 Å². The maximum absolute atomic E-state index is 12.5. The lowest BCUT2D eigenvalue weighted by molar-refractivity contribution is -0.00939. The SMILES string of the molecule is [N-]=[N+]=C1C(S(=O)(=O)O)=CC=C2C(=O)c3ccccc3C(=O)C21. The van der Waals surface area contributed by atoms with E-state index in [0.717, 1.165) is 12.2 Å². The predicted octanol–water partition coefficient (Wildman–Crippen LogP) is 1.06. The van der Waals surface area contributed by atoms with Gasteiger partial charge in [0.1, 0.15) is 0 Å². The highest BCUT2D eigenvalue weighted by atomic mass is 32.2. The van der Waals surface area contributed by atoms with Crippen molar-refractivity contribution in [3.8, 4) is 0 Å². The van der Waals surface area contributed by atoms with Gasteiger partial charge in [-0.3, -0.25) is 14.1 Å². The Hall–Kier alpha value is -2.67. The summed E-state index contributed by atoms with van der Waals surface area (Å²) in [7, 11) is -4.69. The topological polar surface area (TPSA) is 125 Å². The van der Waals surface area contributed by atoms with Crippen molar-refractivity contribution >= 4 is 27.4 Å². The van der Waals surface area contributed by atoms with Gasteiger partial charge in [0.25, 0.3) is 0 Å². The molecule has 0 radical (unpaired) electrons. The first-order valence-corrected chi connectivity index (χ1v) is 7.60. The molecule has 1 unspecified atom stereocenters. The molecule has 1 aromatic rings. The molecular formula is C14H8N2O5S. The number of ketones is 2. The Balaban J connectivity index is 2.31. The molecule has 8 heteroatoms. The van der Waals surface area contributed by atoms with Crippen LogP contribution in [-0.2, 0) is 10.1 Å². The molecule has 0 aliphatic heterocycles. The first kappa shape index (κ1) is 14.3. The lowest BCUT2D eigenvalue weighted by Gasteiger charge is -2.24. The van der Waals surface area contributed by atoms with Gasteiger partial charge in [0, 0.05) is 16.7 Å². The minimum absolute atomic E-state index is 0.00361. The molecule has 0 spiro atoms. The van der Waals surface area contributed by atoms with E-state index in [1.165, 1.54) is 12.1 Å². The number of carbonyl (C=O) groups is 2. The van der Waals surface area contributed by atoms with E-state index in [1.54, 1.807) is 12.1 Å². The standard InChI is InChI=1S/C14H8N2O5S/c15-16-12-10(22(19,20)21)6-5-9-11(12)14(18)8-4-2-1-3-7(8)13(9)17/h1-6,11H,(H,19,20,21). The van der Waals surface area contributed by atoms with Gasteiger partial charge in [-0.1, -0.05) is 30.3 Å². The van der Waals surface area contributed by atoms with Crippen molar-refractivity contribution < 1.29 is 27.3 Å². The number of Topliss-reactive ketones (excluding diaryl/α,β-unsaturated/α-hetero) is 2. The Bertz CT molecular complexity index is 949. The quantitative estimate of drug-likeness (QED) is 0.471. The second-order valence-corrected chi connectivity index (χ2v) is 6.18. The first-order chi connectivity index (χ1) is 10.4. The smallest absolute Gasteiger partial charge is 0.328 e. The van der Waals surface area contributed by atoms with Crippen LogP contribution in [0.1, 0.15) is 20.7 Å². The summed E-state index contributed by atoms with van der Waals surface area (Å²) in [5.41, 5.74) is 8.86. The lowest BCUT2D eigenvalue weighted by Crippen LogP contribution is -2.39. The number of nitrogens with zero attached hydrogens (tertiary/aromatic N) is 2. The van der Waals surface area contributed by atoms with E-state index in [2.05, 4.69) is 4.79 Å². The van der Waals surface area contributed by atoms with Crippen molar-refractivity contribution in [3.63, 3.8) is 0 Å². The van der Waals surface area contributed by atoms with Gasteiger partial charge in [-0.15, -0.1) is 0 Å². The Kier molecular flexibility index (Phi) is 3.03. The zero-order valence-corrected chi connectivity index (χ0v) is 11.7. The number of hydrogen-bond acceptors (Lipinski definition) is 4. The molecule has 1 atom stereocenters. The van der Waals surface area contributed by atoms with Gasteiger partial charge in [-0.25, -0.2) is 0 Å². The molecule has 0 saturated carbocycles. The van der Waals surface area contributed by atoms with Crippen molar-refractivity contribution in [2.24, 2.45) is 5.92 Å². The monoisotopic (exact) mass is 316 g/mol. The summed E-state index contributed by atoms with van der Waals surface area (Å²) < 4.78 is 31.8. The van der Waals surface area contributed by atoms with Crippen molar-refractivity contribution in [1.29, 1.82) is 0 Å². The maximum atomic E-state index is 12.5. The highest BCUT2D eigenvalue weighted by Gasteiger charge is 2.49. The van der Waals surface area contributed by atoms with Crippen LogP contribution < -0.4 is 0 Å². The van der Waals surface area contributed by atoms with Crippen LogP contribution in [0.15, 0.2) is 46.9 Å². The minimum Gasteiger partial charge on any atom is -0.361 e. The molecule has 2 aliphatic rings. The minimum atomic E-state index is -4.69. The maximum Gasteiger partial charge on any atom is 0.328 e. The molecule has 0 amide bonds. The van der Waals surface area contributed by atoms with E-state index in [-0.39, 0.29) is 16.7 Å². The van der Waals surface area contributed by atoms with Crippen LogP contribution in [0.4, 0.5) is 0 Å².